The van der Waals surface area contributed by atoms with Gasteiger partial charge in [0.15, 0.2) is 0 Å². The lowest BCUT2D eigenvalue weighted by atomic mass is 10.0. The Labute approximate surface area is 155 Å². The molecule has 3 rings (SSSR count). The lowest BCUT2D eigenvalue weighted by Gasteiger charge is -2.05. The molecule has 9 heteroatoms. The summed E-state index contributed by atoms with van der Waals surface area (Å²) >= 11 is 0. The smallest absolute Gasteiger partial charge is 0.269 e. The number of carbonyl (C=O) groups excluding carboxylic acids is 1. The van der Waals surface area contributed by atoms with E-state index < -0.39 is 4.92 Å². The summed E-state index contributed by atoms with van der Waals surface area (Å²) in [5.41, 5.74) is 2.45. The fourth-order valence-corrected chi connectivity index (χ4v) is 2.44. The molecule has 0 unspecified atom stereocenters. The van der Waals surface area contributed by atoms with Crippen molar-refractivity contribution in [1.29, 1.82) is 0 Å². The third kappa shape index (κ3) is 4.51. The van der Waals surface area contributed by atoms with E-state index in [0.29, 0.717) is 17.4 Å². The molecule has 1 amide bonds. The molecule has 0 aliphatic carbocycles. The zero-order valence-corrected chi connectivity index (χ0v) is 14.9. The van der Waals surface area contributed by atoms with Gasteiger partial charge in [-0.1, -0.05) is 38.1 Å². The number of tetrazole rings is 1. The molecule has 0 radical (unpaired) electrons. The number of anilines is 1. The minimum Gasteiger partial charge on any atom is -0.324 e. The minimum atomic E-state index is -0.500. The van der Waals surface area contributed by atoms with Crippen LogP contribution in [0.5, 0.6) is 0 Å². The second kappa shape index (κ2) is 7.73. The maximum Gasteiger partial charge on any atom is 0.269 e. The van der Waals surface area contributed by atoms with Crippen LogP contribution in [0, 0.1) is 10.1 Å². The van der Waals surface area contributed by atoms with Crippen molar-refractivity contribution in [2.24, 2.45) is 0 Å². The number of amides is 1. The topological polar surface area (TPSA) is 116 Å². The molecule has 0 saturated heterocycles. The maximum atomic E-state index is 12.1. The Morgan fingerprint density at radius 2 is 1.81 bits per heavy atom. The average Bonchev–Trinajstić information content (AvgIpc) is 3.10. The highest BCUT2D eigenvalue weighted by atomic mass is 16.6. The summed E-state index contributed by atoms with van der Waals surface area (Å²) in [5.74, 6) is 0.516. The molecular weight excluding hydrogens is 348 g/mol. The quantitative estimate of drug-likeness (QED) is 0.529. The highest BCUT2D eigenvalue weighted by molar-refractivity contribution is 5.90. The first-order valence-corrected chi connectivity index (χ1v) is 8.35. The zero-order valence-electron chi connectivity index (χ0n) is 14.9. The maximum absolute atomic E-state index is 12.1. The molecule has 27 heavy (non-hydrogen) atoms. The van der Waals surface area contributed by atoms with Crippen LogP contribution in [-0.2, 0) is 11.3 Å². The highest BCUT2D eigenvalue weighted by Crippen LogP contribution is 2.19. The minimum absolute atomic E-state index is 0.0425. The normalized spacial score (nSPS) is 10.8. The molecule has 9 nitrogen and oxygen atoms in total. The van der Waals surface area contributed by atoms with Gasteiger partial charge in [0.05, 0.1) is 4.92 Å². The lowest BCUT2D eigenvalue weighted by molar-refractivity contribution is -0.384. The molecule has 0 bridgehead atoms. The summed E-state index contributed by atoms with van der Waals surface area (Å²) in [6.07, 6.45) is 0. The number of benzene rings is 2. The Morgan fingerprint density at radius 1 is 1.15 bits per heavy atom. The van der Waals surface area contributed by atoms with Crippen LogP contribution in [0.3, 0.4) is 0 Å². The van der Waals surface area contributed by atoms with E-state index in [9.17, 15) is 14.9 Å². The van der Waals surface area contributed by atoms with Gasteiger partial charge >= 0.3 is 0 Å². The molecule has 0 aliphatic rings. The van der Waals surface area contributed by atoms with Gasteiger partial charge in [0.2, 0.25) is 11.7 Å². The summed E-state index contributed by atoms with van der Waals surface area (Å²) in [5, 5.41) is 25.4. The number of nitrogens with one attached hydrogen (secondary N) is 1. The number of hydrogen-bond donors (Lipinski definition) is 1. The van der Waals surface area contributed by atoms with Gasteiger partial charge in [0.1, 0.15) is 6.54 Å². The predicted octanol–water partition coefficient (Wildman–Crippen LogP) is 3.01. The Bertz CT molecular complexity index is 948. The van der Waals surface area contributed by atoms with Crippen LogP contribution in [0.2, 0.25) is 0 Å². The number of nitro groups is 1. The molecule has 1 heterocycles. The fourth-order valence-electron chi connectivity index (χ4n) is 2.44. The number of non-ortho nitro benzene ring substituents is 1. The van der Waals surface area contributed by atoms with E-state index in [0.717, 1.165) is 5.56 Å². The van der Waals surface area contributed by atoms with Crippen molar-refractivity contribution in [3.05, 3.63) is 64.2 Å². The van der Waals surface area contributed by atoms with Gasteiger partial charge in [-0.3, -0.25) is 14.9 Å². The monoisotopic (exact) mass is 366 g/mol. The second-order valence-corrected chi connectivity index (χ2v) is 6.27. The average molecular weight is 366 g/mol. The molecule has 0 spiro atoms. The summed E-state index contributed by atoms with van der Waals surface area (Å²) in [6, 6.07) is 13.5. The fraction of sp³-hybridized carbons (Fsp3) is 0.222. The number of nitrogens with zero attached hydrogens (tertiary/aromatic N) is 5. The van der Waals surface area contributed by atoms with Crippen LogP contribution in [0.1, 0.15) is 25.3 Å². The number of carbonyl (C=O) groups is 1. The van der Waals surface area contributed by atoms with E-state index in [-0.39, 0.29) is 18.1 Å². The van der Waals surface area contributed by atoms with Crippen LogP contribution in [0.25, 0.3) is 11.4 Å². The van der Waals surface area contributed by atoms with Gasteiger partial charge in [-0.2, -0.15) is 4.80 Å². The third-order valence-electron chi connectivity index (χ3n) is 3.94. The number of aromatic nitrogens is 4. The molecule has 2 aromatic carbocycles. The van der Waals surface area contributed by atoms with Gasteiger partial charge in [0, 0.05) is 23.4 Å². The SMILES string of the molecule is CC(C)c1ccc(-c2nnn(CC(=O)Nc3ccc([N+](=O)[O-])cc3)n2)cc1. The van der Waals surface area contributed by atoms with Gasteiger partial charge in [0.25, 0.3) is 5.69 Å². The summed E-state index contributed by atoms with van der Waals surface area (Å²) in [7, 11) is 0. The van der Waals surface area contributed by atoms with E-state index >= 15 is 0 Å². The molecule has 138 valence electrons. The van der Waals surface area contributed by atoms with E-state index in [1.807, 2.05) is 24.3 Å². The number of nitro benzene ring substituents is 1. The molecule has 1 N–H and O–H groups in total. The number of hydrogen-bond acceptors (Lipinski definition) is 6. The van der Waals surface area contributed by atoms with E-state index in [2.05, 4.69) is 34.6 Å². The van der Waals surface area contributed by atoms with Gasteiger partial charge in [-0.15, -0.1) is 10.2 Å². The van der Waals surface area contributed by atoms with Crippen molar-refractivity contribution < 1.29 is 9.72 Å². The Balaban J connectivity index is 1.63. The molecular formula is C18H18N6O3. The highest BCUT2D eigenvalue weighted by Gasteiger charge is 2.11. The van der Waals surface area contributed by atoms with Crippen LogP contribution < -0.4 is 5.32 Å². The first kappa shape index (κ1) is 18.2. The van der Waals surface area contributed by atoms with Crippen molar-refractivity contribution in [2.45, 2.75) is 26.3 Å². The first-order chi connectivity index (χ1) is 12.9. The Hall–Kier alpha value is -3.62. The van der Waals surface area contributed by atoms with Crippen LogP contribution in [0.4, 0.5) is 11.4 Å². The lowest BCUT2D eigenvalue weighted by Crippen LogP contribution is -2.20. The van der Waals surface area contributed by atoms with Crippen molar-refractivity contribution in [1.82, 2.24) is 20.2 Å². The van der Waals surface area contributed by atoms with Gasteiger partial charge < -0.3 is 5.32 Å². The first-order valence-electron chi connectivity index (χ1n) is 8.35. The molecule has 0 saturated carbocycles. The van der Waals surface area contributed by atoms with E-state index in [4.69, 9.17) is 0 Å². The molecule has 0 atom stereocenters. The van der Waals surface area contributed by atoms with Gasteiger partial charge in [-0.05, 0) is 28.8 Å². The summed E-state index contributed by atoms with van der Waals surface area (Å²) in [4.78, 5) is 23.4. The summed E-state index contributed by atoms with van der Waals surface area (Å²) < 4.78 is 0. The molecule has 0 fully saturated rings. The second-order valence-electron chi connectivity index (χ2n) is 6.27. The van der Waals surface area contributed by atoms with Crippen molar-refractivity contribution >= 4 is 17.3 Å². The molecule has 1 aromatic heterocycles. The standard InChI is InChI=1S/C18H18N6O3/c1-12(2)13-3-5-14(6-4-13)18-20-22-23(21-18)11-17(25)19-15-7-9-16(10-8-15)24(26)27/h3-10,12H,11H2,1-2H3,(H,19,25). The Morgan fingerprint density at radius 3 is 2.41 bits per heavy atom. The van der Waals surface area contributed by atoms with E-state index in [1.54, 1.807) is 0 Å². The van der Waals surface area contributed by atoms with Crippen LogP contribution in [-0.4, -0.2) is 31.0 Å². The van der Waals surface area contributed by atoms with Gasteiger partial charge in [-0.25, -0.2) is 0 Å². The largest absolute Gasteiger partial charge is 0.324 e. The zero-order chi connectivity index (χ0) is 19.4. The molecule has 3 aromatic rings. The summed E-state index contributed by atoms with van der Waals surface area (Å²) in [6.45, 7) is 4.12. The van der Waals surface area contributed by atoms with E-state index in [1.165, 1.54) is 34.6 Å². The molecule has 0 aliphatic heterocycles. The predicted molar refractivity (Wildman–Crippen MR) is 99.1 cm³/mol. The van der Waals surface area contributed by atoms with Crippen LogP contribution in [0.15, 0.2) is 48.5 Å². The van der Waals surface area contributed by atoms with Crippen molar-refractivity contribution in [3.63, 3.8) is 0 Å². The Kier molecular flexibility index (Phi) is 5.20. The van der Waals surface area contributed by atoms with Crippen molar-refractivity contribution in [2.75, 3.05) is 5.32 Å². The number of rotatable bonds is 6. The third-order valence-corrected chi connectivity index (χ3v) is 3.94. The van der Waals surface area contributed by atoms with Crippen molar-refractivity contribution in [3.8, 4) is 11.4 Å². The van der Waals surface area contributed by atoms with Crippen LogP contribution >= 0.6 is 0 Å².